The van der Waals surface area contributed by atoms with Gasteiger partial charge < -0.3 is 14.7 Å². The number of aliphatic imine (C=N–C) groups is 1. The molecule has 2 saturated heterocycles. The average Bonchev–Trinajstić information content (AvgIpc) is 3.32. The predicted molar refractivity (Wildman–Crippen MR) is 123 cm³/mol. The first-order valence-corrected chi connectivity index (χ1v) is 11.2. The van der Waals surface area contributed by atoms with Crippen molar-refractivity contribution in [2.45, 2.75) is 32.6 Å². The molecule has 3 amide bonds. The van der Waals surface area contributed by atoms with E-state index in [9.17, 15) is 9.59 Å². The Morgan fingerprint density at radius 2 is 1.81 bits per heavy atom. The molecule has 8 heteroatoms. The van der Waals surface area contributed by atoms with Crippen LogP contribution in [-0.2, 0) is 11.3 Å². The highest BCUT2D eigenvalue weighted by molar-refractivity contribution is 9.10. The van der Waals surface area contributed by atoms with Crippen LogP contribution in [0.3, 0.4) is 0 Å². The van der Waals surface area contributed by atoms with Crippen LogP contribution in [0.4, 0.5) is 10.5 Å². The van der Waals surface area contributed by atoms with E-state index in [1.54, 1.807) is 11.9 Å². The van der Waals surface area contributed by atoms with Gasteiger partial charge in [-0.1, -0.05) is 39.7 Å². The number of hydrogen-bond donors (Lipinski definition) is 0. The maximum Gasteiger partial charge on any atom is 0.328 e. The lowest BCUT2D eigenvalue weighted by Gasteiger charge is -2.40. The first-order chi connectivity index (χ1) is 14.8. The van der Waals surface area contributed by atoms with Crippen molar-refractivity contribution in [2.24, 2.45) is 4.99 Å². The number of carbonyl (C=O) groups excluding carboxylic acids is 2. The molecule has 0 N–H and O–H groups in total. The Kier molecular flexibility index (Phi) is 4.77. The summed E-state index contributed by atoms with van der Waals surface area (Å²) < 4.78 is 1.01. The molecule has 2 atom stereocenters. The van der Waals surface area contributed by atoms with E-state index in [-0.39, 0.29) is 18.5 Å². The third-order valence-electron chi connectivity index (χ3n) is 6.35. The molecule has 0 bridgehead atoms. The molecular formula is C23H24BrN5O2. The van der Waals surface area contributed by atoms with Gasteiger partial charge in [0, 0.05) is 30.3 Å². The molecule has 3 aliphatic rings. The Hall–Kier alpha value is -2.87. The molecule has 0 radical (unpaired) electrons. The maximum atomic E-state index is 13.5. The molecule has 2 aromatic carbocycles. The van der Waals surface area contributed by atoms with Gasteiger partial charge in [0.05, 0.1) is 6.54 Å². The molecule has 0 aliphatic carbocycles. The number of fused-ring (bicyclic) bond motifs is 3. The number of guanidine groups is 1. The largest absolute Gasteiger partial charge is 0.328 e. The van der Waals surface area contributed by atoms with E-state index in [2.05, 4.69) is 20.8 Å². The Bertz CT molecular complexity index is 1100. The van der Waals surface area contributed by atoms with Gasteiger partial charge >= 0.3 is 6.03 Å². The number of amides is 3. The number of nitrogens with zero attached hydrogens (tertiary/aromatic N) is 5. The Morgan fingerprint density at radius 3 is 2.55 bits per heavy atom. The van der Waals surface area contributed by atoms with E-state index >= 15 is 0 Å². The van der Waals surface area contributed by atoms with E-state index in [4.69, 9.17) is 4.99 Å². The van der Waals surface area contributed by atoms with Crippen LogP contribution in [0.15, 0.2) is 51.9 Å². The lowest BCUT2D eigenvalue weighted by molar-refractivity contribution is -0.137. The second-order valence-electron chi connectivity index (χ2n) is 8.36. The van der Waals surface area contributed by atoms with Gasteiger partial charge in [0.1, 0.15) is 0 Å². The highest BCUT2D eigenvalue weighted by Crippen LogP contribution is 2.34. The minimum atomic E-state index is -0.497. The van der Waals surface area contributed by atoms with Gasteiger partial charge in [0.15, 0.2) is 12.2 Å². The zero-order valence-corrected chi connectivity index (χ0v) is 19.3. The smallest absolute Gasteiger partial charge is 0.325 e. The van der Waals surface area contributed by atoms with Crippen molar-refractivity contribution in [1.29, 1.82) is 0 Å². The van der Waals surface area contributed by atoms with Crippen LogP contribution in [-0.4, -0.2) is 64.9 Å². The van der Waals surface area contributed by atoms with Crippen molar-refractivity contribution in [3.05, 3.63) is 63.6 Å². The summed E-state index contributed by atoms with van der Waals surface area (Å²) in [6.07, 6.45) is -0.497. The summed E-state index contributed by atoms with van der Waals surface area (Å²) >= 11 is 3.47. The first kappa shape index (κ1) is 20.1. The zero-order chi connectivity index (χ0) is 21.9. The molecule has 5 rings (SSSR count). The molecule has 2 unspecified atom stereocenters. The number of hydrogen-bond acceptors (Lipinski definition) is 5. The van der Waals surface area contributed by atoms with Crippen LogP contribution in [0.25, 0.3) is 0 Å². The molecule has 2 fully saturated rings. The van der Waals surface area contributed by atoms with Crippen LogP contribution in [0.2, 0.25) is 0 Å². The molecule has 0 saturated carbocycles. The van der Waals surface area contributed by atoms with Gasteiger partial charge in [0.25, 0.3) is 5.91 Å². The van der Waals surface area contributed by atoms with E-state index in [1.165, 1.54) is 4.90 Å². The first-order valence-electron chi connectivity index (χ1n) is 10.4. The second-order valence-corrected chi connectivity index (χ2v) is 9.27. The molecule has 160 valence electrons. The van der Waals surface area contributed by atoms with E-state index < -0.39 is 12.2 Å². The monoisotopic (exact) mass is 481 g/mol. The molecule has 0 aromatic heterocycles. The number of likely N-dealkylation sites (N-methyl/N-ethyl adjacent to an activating group) is 1. The number of rotatable bonds is 3. The summed E-state index contributed by atoms with van der Waals surface area (Å²) in [7, 11) is 1.73. The number of carbonyl (C=O) groups is 2. The topological polar surface area (TPSA) is 59.5 Å². The van der Waals surface area contributed by atoms with E-state index in [0.717, 1.165) is 39.4 Å². The lowest BCUT2D eigenvalue weighted by Crippen LogP contribution is -2.64. The molecule has 3 aliphatic heterocycles. The SMILES string of the molecule is Cc1ccc(C)c(CN2C(=O)C3C(N=C4N(c5ccc(Br)cc5)CCN43)N(C)C2=O)c1. The summed E-state index contributed by atoms with van der Waals surface area (Å²) in [5, 5.41) is 0. The molecular weight excluding hydrogens is 458 g/mol. The zero-order valence-electron chi connectivity index (χ0n) is 17.7. The van der Waals surface area contributed by atoms with Crippen molar-refractivity contribution in [1.82, 2.24) is 14.7 Å². The highest BCUT2D eigenvalue weighted by atomic mass is 79.9. The van der Waals surface area contributed by atoms with Crippen LogP contribution < -0.4 is 4.90 Å². The second kappa shape index (κ2) is 7.37. The van der Waals surface area contributed by atoms with Crippen molar-refractivity contribution < 1.29 is 9.59 Å². The van der Waals surface area contributed by atoms with Crippen LogP contribution in [0.1, 0.15) is 16.7 Å². The maximum absolute atomic E-state index is 13.5. The third-order valence-corrected chi connectivity index (χ3v) is 6.88. The minimum Gasteiger partial charge on any atom is -0.325 e. The minimum absolute atomic E-state index is 0.176. The van der Waals surface area contributed by atoms with E-state index in [1.807, 2.05) is 61.2 Å². The normalized spacial score (nSPS) is 22.8. The van der Waals surface area contributed by atoms with Gasteiger partial charge in [-0.3, -0.25) is 9.69 Å². The molecule has 3 heterocycles. The van der Waals surface area contributed by atoms with Crippen molar-refractivity contribution >= 4 is 39.5 Å². The van der Waals surface area contributed by atoms with Gasteiger partial charge in [-0.2, -0.15) is 0 Å². The number of benzene rings is 2. The summed E-state index contributed by atoms with van der Waals surface area (Å²) in [4.78, 5) is 38.6. The van der Waals surface area contributed by atoms with Gasteiger partial charge in [0.2, 0.25) is 5.96 Å². The van der Waals surface area contributed by atoms with Crippen LogP contribution in [0, 0.1) is 13.8 Å². The number of halogens is 1. The number of imide groups is 1. The number of urea groups is 1. The molecule has 31 heavy (non-hydrogen) atoms. The van der Waals surface area contributed by atoms with Gasteiger partial charge in [-0.15, -0.1) is 0 Å². The van der Waals surface area contributed by atoms with Crippen molar-refractivity contribution in [2.75, 3.05) is 25.0 Å². The molecule has 7 nitrogen and oxygen atoms in total. The third kappa shape index (κ3) is 3.20. The lowest BCUT2D eigenvalue weighted by atomic mass is 10.0. The van der Waals surface area contributed by atoms with Gasteiger partial charge in [-0.05, 0) is 49.2 Å². The van der Waals surface area contributed by atoms with Gasteiger partial charge in [-0.25, -0.2) is 9.79 Å². The Morgan fingerprint density at radius 1 is 1.06 bits per heavy atom. The Labute approximate surface area is 190 Å². The fourth-order valence-corrected chi connectivity index (χ4v) is 4.85. The fourth-order valence-electron chi connectivity index (χ4n) is 4.59. The standard InChI is InChI=1S/C23H24BrN5O2/c1-14-4-5-15(2)16(12-14)13-29-21(30)19-20(26(3)23(29)31)25-22-27(10-11-28(19)22)18-8-6-17(24)7-9-18/h4-9,12,19-20H,10-11,13H2,1-3H3. The summed E-state index contributed by atoms with van der Waals surface area (Å²) in [5.41, 5.74) is 4.20. The number of anilines is 1. The van der Waals surface area contributed by atoms with Crippen molar-refractivity contribution in [3.63, 3.8) is 0 Å². The Balaban J connectivity index is 1.44. The quantitative estimate of drug-likeness (QED) is 0.674. The summed E-state index contributed by atoms with van der Waals surface area (Å²) in [5.74, 6) is 0.587. The number of aryl methyl sites for hydroxylation is 2. The molecule has 2 aromatic rings. The summed E-state index contributed by atoms with van der Waals surface area (Å²) in [6.45, 7) is 5.75. The molecule has 0 spiro atoms. The van der Waals surface area contributed by atoms with Crippen molar-refractivity contribution in [3.8, 4) is 0 Å². The van der Waals surface area contributed by atoms with Crippen LogP contribution >= 0.6 is 15.9 Å². The summed E-state index contributed by atoms with van der Waals surface area (Å²) in [6, 6.07) is 13.4. The highest BCUT2D eigenvalue weighted by Gasteiger charge is 2.54. The van der Waals surface area contributed by atoms with Crippen LogP contribution in [0.5, 0.6) is 0 Å². The predicted octanol–water partition coefficient (Wildman–Crippen LogP) is 3.35. The fraction of sp³-hybridized carbons (Fsp3) is 0.348. The van der Waals surface area contributed by atoms with E-state index in [0.29, 0.717) is 6.54 Å². The average molecular weight is 482 g/mol.